The van der Waals surface area contributed by atoms with Gasteiger partial charge in [-0.15, -0.1) is 0 Å². The van der Waals surface area contributed by atoms with Crippen LogP contribution in [0, 0.1) is 13.8 Å². The van der Waals surface area contributed by atoms with E-state index in [1.54, 1.807) is 12.1 Å². The SMILES string of the molecule is Cc1cccc(C)c1OCC(=O)c1ccc2c(c1)N(CC(=O)O)C(=O)CO2. The number of ether oxygens (including phenoxy) is 2. The number of aliphatic carboxylic acids is 1. The molecular weight excluding hydrogens is 350 g/mol. The van der Waals surface area contributed by atoms with E-state index in [1.165, 1.54) is 6.07 Å². The number of carboxylic acid groups (broad SMARTS) is 1. The maximum Gasteiger partial charge on any atom is 0.323 e. The number of benzene rings is 2. The third-order valence-electron chi connectivity index (χ3n) is 4.27. The van der Waals surface area contributed by atoms with E-state index < -0.39 is 18.4 Å². The molecule has 2 aromatic rings. The van der Waals surface area contributed by atoms with Crippen molar-refractivity contribution < 1.29 is 29.0 Å². The number of fused-ring (bicyclic) bond motifs is 1. The fourth-order valence-corrected chi connectivity index (χ4v) is 2.93. The quantitative estimate of drug-likeness (QED) is 0.786. The van der Waals surface area contributed by atoms with Crippen molar-refractivity contribution in [2.24, 2.45) is 0 Å². The first-order valence-electron chi connectivity index (χ1n) is 8.38. The van der Waals surface area contributed by atoms with Gasteiger partial charge in [-0.1, -0.05) is 18.2 Å². The van der Waals surface area contributed by atoms with Gasteiger partial charge in [0.25, 0.3) is 5.91 Å². The Balaban J connectivity index is 1.81. The molecule has 1 amide bonds. The minimum Gasteiger partial charge on any atom is -0.485 e. The molecule has 0 spiro atoms. The lowest BCUT2D eigenvalue weighted by Crippen LogP contribution is -2.42. The predicted molar refractivity (Wildman–Crippen MR) is 97.7 cm³/mol. The third-order valence-corrected chi connectivity index (χ3v) is 4.27. The Hall–Kier alpha value is -3.35. The monoisotopic (exact) mass is 369 g/mol. The Morgan fingerprint density at radius 3 is 2.56 bits per heavy atom. The molecule has 2 aromatic carbocycles. The largest absolute Gasteiger partial charge is 0.485 e. The summed E-state index contributed by atoms with van der Waals surface area (Å²) in [6.45, 7) is 2.91. The van der Waals surface area contributed by atoms with Crippen molar-refractivity contribution in [2.75, 3.05) is 24.7 Å². The van der Waals surface area contributed by atoms with Crippen molar-refractivity contribution in [3.63, 3.8) is 0 Å². The predicted octanol–water partition coefficient (Wildman–Crippen LogP) is 2.38. The molecule has 0 saturated carbocycles. The minimum absolute atomic E-state index is 0.168. The molecule has 0 fully saturated rings. The number of nitrogens with zero attached hydrogens (tertiary/aromatic N) is 1. The minimum atomic E-state index is -1.15. The van der Waals surface area contributed by atoms with Crippen molar-refractivity contribution in [1.82, 2.24) is 0 Å². The van der Waals surface area contributed by atoms with Crippen LogP contribution in [0.5, 0.6) is 11.5 Å². The molecule has 7 nitrogen and oxygen atoms in total. The second kappa shape index (κ2) is 7.49. The summed E-state index contributed by atoms with van der Waals surface area (Å²) in [6, 6.07) is 10.3. The molecule has 3 rings (SSSR count). The van der Waals surface area contributed by atoms with Crippen LogP contribution in [0.2, 0.25) is 0 Å². The number of hydrogen-bond donors (Lipinski definition) is 1. The van der Waals surface area contributed by atoms with E-state index in [0.29, 0.717) is 17.1 Å². The molecule has 0 aliphatic carbocycles. The average Bonchev–Trinajstić information content (AvgIpc) is 2.63. The lowest BCUT2D eigenvalue weighted by Gasteiger charge is -2.28. The summed E-state index contributed by atoms with van der Waals surface area (Å²) in [5.41, 5.74) is 2.44. The van der Waals surface area contributed by atoms with E-state index in [0.717, 1.165) is 16.0 Å². The maximum absolute atomic E-state index is 12.6. The first-order valence-corrected chi connectivity index (χ1v) is 8.38. The molecular formula is C20H19NO6. The number of carboxylic acids is 1. The van der Waals surface area contributed by atoms with Crippen molar-refractivity contribution in [3.8, 4) is 11.5 Å². The first-order chi connectivity index (χ1) is 12.9. The second-order valence-corrected chi connectivity index (χ2v) is 6.28. The topological polar surface area (TPSA) is 93.1 Å². The number of rotatable bonds is 6. The number of Topliss-reactive ketones (excluding diaryl/α,β-unsaturated/α-hetero) is 1. The van der Waals surface area contributed by atoms with Gasteiger partial charge in [0, 0.05) is 5.56 Å². The van der Waals surface area contributed by atoms with Gasteiger partial charge in [0.2, 0.25) is 0 Å². The molecule has 140 valence electrons. The molecule has 1 heterocycles. The highest BCUT2D eigenvalue weighted by Crippen LogP contribution is 2.33. The summed E-state index contributed by atoms with van der Waals surface area (Å²) in [5.74, 6) is -0.876. The van der Waals surface area contributed by atoms with Crippen LogP contribution in [0.1, 0.15) is 21.5 Å². The second-order valence-electron chi connectivity index (χ2n) is 6.28. The van der Waals surface area contributed by atoms with Gasteiger partial charge in [-0.05, 0) is 43.2 Å². The molecule has 0 atom stereocenters. The fraction of sp³-hybridized carbons (Fsp3) is 0.250. The Bertz CT molecular complexity index is 900. The van der Waals surface area contributed by atoms with Crippen LogP contribution < -0.4 is 14.4 Å². The highest BCUT2D eigenvalue weighted by Gasteiger charge is 2.28. The van der Waals surface area contributed by atoms with Crippen molar-refractivity contribution in [3.05, 3.63) is 53.1 Å². The third kappa shape index (κ3) is 3.92. The number of ketones is 1. The van der Waals surface area contributed by atoms with Crippen LogP contribution in [0.15, 0.2) is 36.4 Å². The van der Waals surface area contributed by atoms with Gasteiger partial charge in [-0.2, -0.15) is 0 Å². The zero-order valence-corrected chi connectivity index (χ0v) is 15.0. The molecule has 0 saturated heterocycles. The number of carbonyl (C=O) groups is 3. The summed E-state index contributed by atoms with van der Waals surface area (Å²) in [6.07, 6.45) is 0. The lowest BCUT2D eigenvalue weighted by molar-refractivity contribution is -0.137. The molecule has 1 aliphatic heterocycles. The summed E-state index contributed by atoms with van der Waals surface area (Å²) in [7, 11) is 0. The molecule has 1 aliphatic rings. The molecule has 1 N–H and O–H groups in total. The number of anilines is 1. The van der Waals surface area contributed by atoms with E-state index in [-0.39, 0.29) is 24.7 Å². The Morgan fingerprint density at radius 2 is 1.89 bits per heavy atom. The van der Waals surface area contributed by atoms with Gasteiger partial charge in [0.15, 0.2) is 19.0 Å². The van der Waals surface area contributed by atoms with Crippen molar-refractivity contribution in [1.29, 1.82) is 0 Å². The van der Waals surface area contributed by atoms with E-state index in [2.05, 4.69) is 0 Å². The van der Waals surface area contributed by atoms with Crippen LogP contribution in [0.3, 0.4) is 0 Å². The van der Waals surface area contributed by atoms with Crippen LogP contribution in [0.25, 0.3) is 0 Å². The molecule has 7 heteroatoms. The Kier molecular flexibility index (Phi) is 5.12. The first kappa shape index (κ1) is 18.4. The highest BCUT2D eigenvalue weighted by molar-refractivity contribution is 6.04. The van der Waals surface area contributed by atoms with Gasteiger partial charge in [0.05, 0.1) is 5.69 Å². The van der Waals surface area contributed by atoms with Gasteiger partial charge in [-0.3, -0.25) is 19.3 Å². The summed E-state index contributed by atoms with van der Waals surface area (Å²) in [4.78, 5) is 36.7. The van der Waals surface area contributed by atoms with Crippen LogP contribution in [-0.2, 0) is 9.59 Å². The average molecular weight is 369 g/mol. The van der Waals surface area contributed by atoms with Gasteiger partial charge in [0.1, 0.15) is 18.0 Å². The summed E-state index contributed by atoms with van der Waals surface area (Å²) in [5, 5.41) is 9.03. The number of hydrogen-bond acceptors (Lipinski definition) is 5. The van der Waals surface area contributed by atoms with Crippen LogP contribution >= 0.6 is 0 Å². The van der Waals surface area contributed by atoms with E-state index in [9.17, 15) is 14.4 Å². The smallest absolute Gasteiger partial charge is 0.323 e. The summed E-state index contributed by atoms with van der Waals surface area (Å²) < 4.78 is 11.0. The van der Waals surface area contributed by atoms with Crippen molar-refractivity contribution >= 4 is 23.3 Å². The zero-order chi connectivity index (χ0) is 19.6. The summed E-state index contributed by atoms with van der Waals surface area (Å²) >= 11 is 0. The zero-order valence-electron chi connectivity index (χ0n) is 15.0. The Morgan fingerprint density at radius 1 is 1.19 bits per heavy atom. The van der Waals surface area contributed by atoms with E-state index in [4.69, 9.17) is 14.6 Å². The van der Waals surface area contributed by atoms with Gasteiger partial charge in [-0.25, -0.2) is 0 Å². The molecule has 0 unspecified atom stereocenters. The van der Waals surface area contributed by atoms with E-state index in [1.807, 2.05) is 32.0 Å². The van der Waals surface area contributed by atoms with Gasteiger partial charge < -0.3 is 14.6 Å². The number of para-hydroxylation sites is 1. The van der Waals surface area contributed by atoms with Crippen LogP contribution in [-0.4, -0.2) is 42.5 Å². The molecule has 27 heavy (non-hydrogen) atoms. The fourth-order valence-electron chi connectivity index (χ4n) is 2.93. The van der Waals surface area contributed by atoms with Gasteiger partial charge >= 0.3 is 5.97 Å². The highest BCUT2D eigenvalue weighted by atomic mass is 16.5. The number of amides is 1. The Labute approximate surface area is 156 Å². The molecule has 0 bridgehead atoms. The van der Waals surface area contributed by atoms with Crippen LogP contribution in [0.4, 0.5) is 5.69 Å². The van der Waals surface area contributed by atoms with Crippen molar-refractivity contribution in [2.45, 2.75) is 13.8 Å². The standard InChI is InChI=1S/C20H19NO6/c1-12-4-3-5-13(2)20(12)27-10-16(22)14-6-7-17-15(8-14)21(9-19(24)25)18(23)11-26-17/h3-8H,9-11H2,1-2H3,(H,24,25). The normalized spacial score (nSPS) is 13.0. The molecule has 0 radical (unpaired) electrons. The maximum atomic E-state index is 12.6. The number of aryl methyl sites for hydroxylation is 2. The lowest BCUT2D eigenvalue weighted by atomic mass is 10.1. The number of carbonyl (C=O) groups excluding carboxylic acids is 2. The van der Waals surface area contributed by atoms with E-state index >= 15 is 0 Å². The molecule has 0 aromatic heterocycles.